The second-order valence-electron chi connectivity index (χ2n) is 2.67. The van der Waals surface area contributed by atoms with Crippen molar-refractivity contribution in [2.75, 3.05) is 0 Å². The fourth-order valence-corrected chi connectivity index (χ4v) is 1.00. The van der Waals surface area contributed by atoms with Gasteiger partial charge in [-0.05, 0) is 0 Å². The Morgan fingerprint density at radius 1 is 1.60 bits per heavy atom. The van der Waals surface area contributed by atoms with Crippen LogP contribution in [0, 0.1) is 24.2 Å². The molecule has 0 aliphatic carbocycles. The second-order valence-corrected chi connectivity index (χ2v) is 2.67. The second kappa shape index (κ2) is 2.34. The molecule has 0 spiro atoms. The number of cyclic esters (lactones) is 1. The number of hydrogen-bond acceptors (Lipinski definition) is 2. The first-order valence-corrected chi connectivity index (χ1v) is 3.33. The summed E-state index contributed by atoms with van der Waals surface area (Å²) < 4.78 is 4.86. The summed E-state index contributed by atoms with van der Waals surface area (Å²) in [5.74, 6) is 2.38. The molecule has 10 heavy (non-hydrogen) atoms. The van der Waals surface area contributed by atoms with E-state index in [1.54, 1.807) is 0 Å². The van der Waals surface area contributed by atoms with E-state index in [2.05, 4.69) is 5.92 Å². The number of carbonyl (C=O) groups is 1. The number of terminal acetylenes is 1. The Hall–Kier alpha value is -0.970. The third-order valence-corrected chi connectivity index (χ3v) is 2.05. The molecule has 2 heteroatoms. The Morgan fingerprint density at radius 2 is 2.20 bits per heavy atom. The SMILES string of the molecule is C#C[C@@H]1OC(=O)[C@@H](C)[C@H]1C. The molecule has 54 valence electrons. The first-order valence-electron chi connectivity index (χ1n) is 3.33. The van der Waals surface area contributed by atoms with Crippen LogP contribution in [-0.2, 0) is 9.53 Å². The summed E-state index contributed by atoms with van der Waals surface area (Å²) in [5.41, 5.74) is 0. The summed E-state index contributed by atoms with van der Waals surface area (Å²) in [6.45, 7) is 3.77. The van der Waals surface area contributed by atoms with E-state index >= 15 is 0 Å². The fraction of sp³-hybridized carbons (Fsp3) is 0.625. The van der Waals surface area contributed by atoms with E-state index in [-0.39, 0.29) is 23.9 Å². The van der Waals surface area contributed by atoms with Crippen LogP contribution in [0.3, 0.4) is 0 Å². The minimum absolute atomic E-state index is 0.0407. The zero-order valence-electron chi connectivity index (χ0n) is 6.13. The van der Waals surface area contributed by atoms with Crippen LogP contribution < -0.4 is 0 Å². The molecule has 1 aliphatic rings. The number of hydrogen-bond donors (Lipinski definition) is 0. The minimum Gasteiger partial charge on any atom is -0.449 e. The highest BCUT2D eigenvalue weighted by molar-refractivity contribution is 5.75. The van der Waals surface area contributed by atoms with Gasteiger partial charge in [0.15, 0.2) is 6.10 Å². The predicted octanol–water partition coefficient (Wildman–Crippen LogP) is 0.817. The standard InChI is InChI=1S/C8H10O2/c1-4-7-5(2)6(3)8(9)10-7/h1,5-7H,2-3H3/t5-,6+,7+/m1/s1. The van der Waals surface area contributed by atoms with E-state index in [9.17, 15) is 4.79 Å². The topological polar surface area (TPSA) is 26.3 Å². The normalized spacial score (nSPS) is 38.9. The molecule has 1 heterocycles. The molecule has 0 N–H and O–H groups in total. The number of rotatable bonds is 0. The molecular weight excluding hydrogens is 128 g/mol. The zero-order chi connectivity index (χ0) is 7.72. The van der Waals surface area contributed by atoms with Crippen molar-refractivity contribution in [3.8, 4) is 12.3 Å². The van der Waals surface area contributed by atoms with Crippen molar-refractivity contribution in [1.29, 1.82) is 0 Å². The van der Waals surface area contributed by atoms with E-state index in [4.69, 9.17) is 11.2 Å². The van der Waals surface area contributed by atoms with Crippen LogP contribution >= 0.6 is 0 Å². The Morgan fingerprint density at radius 3 is 2.40 bits per heavy atom. The zero-order valence-corrected chi connectivity index (χ0v) is 6.13. The molecule has 3 atom stereocenters. The molecule has 1 saturated heterocycles. The summed E-state index contributed by atoms with van der Waals surface area (Å²) in [7, 11) is 0. The highest BCUT2D eigenvalue weighted by Gasteiger charge is 2.37. The highest BCUT2D eigenvalue weighted by Crippen LogP contribution is 2.26. The molecule has 0 aromatic rings. The van der Waals surface area contributed by atoms with Crippen LogP contribution in [-0.4, -0.2) is 12.1 Å². The lowest BCUT2D eigenvalue weighted by molar-refractivity contribution is -0.142. The number of esters is 1. The summed E-state index contributed by atoms with van der Waals surface area (Å²) in [6.07, 6.45) is 4.82. The molecule has 0 bridgehead atoms. The van der Waals surface area contributed by atoms with E-state index in [1.807, 2.05) is 13.8 Å². The van der Waals surface area contributed by atoms with Crippen LogP contribution in [0.2, 0.25) is 0 Å². The van der Waals surface area contributed by atoms with Gasteiger partial charge in [-0.15, -0.1) is 6.42 Å². The van der Waals surface area contributed by atoms with Gasteiger partial charge < -0.3 is 4.74 Å². The third-order valence-electron chi connectivity index (χ3n) is 2.05. The van der Waals surface area contributed by atoms with Crippen molar-refractivity contribution in [2.45, 2.75) is 20.0 Å². The molecular formula is C8H10O2. The Balaban J connectivity index is 2.73. The molecule has 1 rings (SSSR count). The summed E-state index contributed by atoms with van der Waals surface area (Å²) >= 11 is 0. The summed E-state index contributed by atoms with van der Waals surface area (Å²) in [6, 6.07) is 0. The first-order chi connectivity index (χ1) is 4.66. The monoisotopic (exact) mass is 138 g/mol. The van der Waals surface area contributed by atoms with Gasteiger partial charge in [-0.3, -0.25) is 4.79 Å². The Kier molecular flexibility index (Phi) is 1.67. The molecule has 0 saturated carbocycles. The van der Waals surface area contributed by atoms with Gasteiger partial charge in [-0.25, -0.2) is 0 Å². The van der Waals surface area contributed by atoms with Gasteiger partial charge in [-0.2, -0.15) is 0 Å². The quantitative estimate of drug-likeness (QED) is 0.366. The van der Waals surface area contributed by atoms with Gasteiger partial charge in [0.1, 0.15) is 0 Å². The predicted molar refractivity (Wildman–Crippen MR) is 37.0 cm³/mol. The van der Waals surface area contributed by atoms with Crippen molar-refractivity contribution in [3.05, 3.63) is 0 Å². The van der Waals surface area contributed by atoms with Gasteiger partial charge in [0.25, 0.3) is 0 Å². The van der Waals surface area contributed by atoms with Crippen molar-refractivity contribution in [1.82, 2.24) is 0 Å². The van der Waals surface area contributed by atoms with Gasteiger partial charge in [0, 0.05) is 5.92 Å². The van der Waals surface area contributed by atoms with Crippen molar-refractivity contribution >= 4 is 5.97 Å². The van der Waals surface area contributed by atoms with Crippen LogP contribution in [0.1, 0.15) is 13.8 Å². The molecule has 0 aromatic carbocycles. The molecule has 0 unspecified atom stereocenters. The van der Waals surface area contributed by atoms with Crippen LogP contribution in [0.15, 0.2) is 0 Å². The van der Waals surface area contributed by atoms with E-state index in [0.717, 1.165) is 0 Å². The fourth-order valence-electron chi connectivity index (χ4n) is 1.00. The average Bonchev–Trinajstić information content (AvgIpc) is 2.17. The Labute approximate surface area is 60.6 Å². The molecule has 0 amide bonds. The van der Waals surface area contributed by atoms with Gasteiger partial charge in [0.05, 0.1) is 5.92 Å². The summed E-state index contributed by atoms with van der Waals surface area (Å²) in [4.78, 5) is 10.8. The lowest BCUT2D eigenvalue weighted by Gasteiger charge is -2.05. The maximum absolute atomic E-state index is 10.8. The van der Waals surface area contributed by atoms with Gasteiger partial charge in [0.2, 0.25) is 0 Å². The van der Waals surface area contributed by atoms with E-state index in [0.29, 0.717) is 0 Å². The highest BCUT2D eigenvalue weighted by atomic mass is 16.6. The third kappa shape index (κ3) is 0.881. The van der Waals surface area contributed by atoms with Crippen molar-refractivity contribution in [3.63, 3.8) is 0 Å². The maximum atomic E-state index is 10.8. The van der Waals surface area contributed by atoms with Crippen LogP contribution in [0.4, 0.5) is 0 Å². The van der Waals surface area contributed by atoms with Gasteiger partial charge >= 0.3 is 5.97 Å². The smallest absolute Gasteiger partial charge is 0.310 e. The first kappa shape index (κ1) is 7.14. The maximum Gasteiger partial charge on any atom is 0.310 e. The largest absolute Gasteiger partial charge is 0.449 e. The lowest BCUT2D eigenvalue weighted by atomic mass is 9.95. The molecule has 0 radical (unpaired) electrons. The van der Waals surface area contributed by atoms with Crippen LogP contribution in [0.25, 0.3) is 0 Å². The number of carbonyl (C=O) groups excluding carboxylic acids is 1. The summed E-state index contributed by atoms with van der Waals surface area (Å²) in [5, 5.41) is 0. The molecule has 1 fully saturated rings. The van der Waals surface area contributed by atoms with Crippen molar-refractivity contribution in [2.24, 2.45) is 11.8 Å². The lowest BCUT2D eigenvalue weighted by Crippen LogP contribution is -2.13. The molecule has 1 aliphatic heterocycles. The molecule has 0 aromatic heterocycles. The van der Waals surface area contributed by atoms with Gasteiger partial charge in [-0.1, -0.05) is 19.8 Å². The Bertz CT molecular complexity index is 190. The molecule has 2 nitrogen and oxygen atoms in total. The number of ether oxygens (including phenoxy) is 1. The van der Waals surface area contributed by atoms with Crippen molar-refractivity contribution < 1.29 is 9.53 Å². The minimum atomic E-state index is -0.303. The average molecular weight is 138 g/mol. The van der Waals surface area contributed by atoms with E-state index < -0.39 is 0 Å². The van der Waals surface area contributed by atoms with Crippen LogP contribution in [0.5, 0.6) is 0 Å². The van der Waals surface area contributed by atoms with E-state index in [1.165, 1.54) is 0 Å².